The van der Waals surface area contributed by atoms with E-state index in [2.05, 4.69) is 24.9 Å². The number of aliphatic imine (C=N–C) groups is 1. The van der Waals surface area contributed by atoms with Crippen molar-refractivity contribution < 1.29 is 4.74 Å². The van der Waals surface area contributed by atoms with Crippen molar-refractivity contribution in [3.05, 3.63) is 93.0 Å². The third-order valence-electron chi connectivity index (χ3n) is 4.24. The fourth-order valence-electron chi connectivity index (χ4n) is 2.53. The highest BCUT2D eigenvalue weighted by atomic mass is 35.5. The monoisotopic (exact) mass is 383 g/mol. The summed E-state index contributed by atoms with van der Waals surface area (Å²) in [5.74, 6) is 0.757. The molecule has 3 aromatic rings. The summed E-state index contributed by atoms with van der Waals surface area (Å²) in [6.45, 7) is 4.53. The number of hydrogen-bond donors (Lipinski definition) is 0. The summed E-state index contributed by atoms with van der Waals surface area (Å²) < 4.78 is 5.97. The number of rotatable bonds is 5. The number of para-hydroxylation sites is 1. The van der Waals surface area contributed by atoms with E-state index in [1.165, 1.54) is 11.1 Å². The molecule has 2 nitrogen and oxygen atoms in total. The molecule has 0 unspecified atom stereocenters. The van der Waals surface area contributed by atoms with Crippen LogP contribution in [0.15, 0.2) is 65.7 Å². The Hall–Kier alpha value is -2.29. The van der Waals surface area contributed by atoms with E-state index in [0.717, 1.165) is 22.6 Å². The molecule has 0 fully saturated rings. The molecule has 4 heteroatoms. The van der Waals surface area contributed by atoms with Crippen LogP contribution in [0.5, 0.6) is 5.75 Å². The predicted octanol–water partition coefficient (Wildman–Crippen LogP) is 6.94. The van der Waals surface area contributed by atoms with Crippen LogP contribution in [0.1, 0.15) is 22.3 Å². The Labute approximate surface area is 164 Å². The molecule has 0 radical (unpaired) electrons. The van der Waals surface area contributed by atoms with Gasteiger partial charge in [-0.25, -0.2) is 0 Å². The molecule has 26 heavy (non-hydrogen) atoms. The normalized spacial score (nSPS) is 11.1. The molecule has 0 bridgehead atoms. The molecule has 0 heterocycles. The molecule has 0 saturated carbocycles. The number of hydrogen-bond acceptors (Lipinski definition) is 2. The van der Waals surface area contributed by atoms with Gasteiger partial charge in [0.15, 0.2) is 0 Å². The first-order valence-electron chi connectivity index (χ1n) is 8.30. The van der Waals surface area contributed by atoms with Crippen LogP contribution in [-0.2, 0) is 6.61 Å². The second-order valence-corrected chi connectivity index (χ2v) is 6.88. The fourth-order valence-corrected chi connectivity index (χ4v) is 2.99. The largest absolute Gasteiger partial charge is 0.488 e. The molecule has 0 aromatic heterocycles. The van der Waals surface area contributed by atoms with Crippen molar-refractivity contribution in [2.75, 3.05) is 0 Å². The van der Waals surface area contributed by atoms with E-state index in [1.54, 1.807) is 12.1 Å². The van der Waals surface area contributed by atoms with Gasteiger partial charge >= 0.3 is 0 Å². The van der Waals surface area contributed by atoms with Gasteiger partial charge in [-0.2, -0.15) is 0 Å². The molecule has 0 spiro atoms. The van der Waals surface area contributed by atoms with Crippen LogP contribution in [-0.4, -0.2) is 6.21 Å². The van der Waals surface area contributed by atoms with Gasteiger partial charge in [0.2, 0.25) is 0 Å². The van der Waals surface area contributed by atoms with E-state index in [0.29, 0.717) is 16.7 Å². The minimum atomic E-state index is 0.365. The minimum absolute atomic E-state index is 0.365. The Bertz CT molecular complexity index is 951. The molecule has 0 aliphatic rings. The molecule has 3 rings (SSSR count). The average molecular weight is 384 g/mol. The van der Waals surface area contributed by atoms with Gasteiger partial charge in [0.1, 0.15) is 12.4 Å². The van der Waals surface area contributed by atoms with Crippen molar-refractivity contribution in [1.82, 2.24) is 0 Å². The minimum Gasteiger partial charge on any atom is -0.488 e. The lowest BCUT2D eigenvalue weighted by Gasteiger charge is -2.10. The maximum atomic E-state index is 6.22. The summed E-state index contributed by atoms with van der Waals surface area (Å²) in [6.07, 6.45) is 1.83. The van der Waals surface area contributed by atoms with E-state index in [1.807, 2.05) is 48.7 Å². The summed E-state index contributed by atoms with van der Waals surface area (Å²) in [4.78, 5) is 4.63. The highest BCUT2D eigenvalue weighted by Crippen LogP contribution is 2.25. The predicted molar refractivity (Wildman–Crippen MR) is 110 cm³/mol. The van der Waals surface area contributed by atoms with E-state index < -0.39 is 0 Å². The number of aryl methyl sites for hydroxylation is 1. The zero-order valence-electron chi connectivity index (χ0n) is 14.7. The van der Waals surface area contributed by atoms with Crippen LogP contribution < -0.4 is 4.74 Å². The number of halogens is 2. The third kappa shape index (κ3) is 4.46. The van der Waals surface area contributed by atoms with Gasteiger partial charge in [-0.1, -0.05) is 53.5 Å². The first-order valence-corrected chi connectivity index (χ1v) is 9.06. The quantitative estimate of drug-likeness (QED) is 0.437. The zero-order chi connectivity index (χ0) is 18.5. The lowest BCUT2D eigenvalue weighted by molar-refractivity contribution is 0.306. The molecule has 0 saturated heterocycles. The lowest BCUT2D eigenvalue weighted by atomic mass is 10.1. The molecule has 0 amide bonds. The topological polar surface area (TPSA) is 21.6 Å². The van der Waals surface area contributed by atoms with Crippen molar-refractivity contribution in [3.8, 4) is 5.75 Å². The Morgan fingerprint density at radius 3 is 2.58 bits per heavy atom. The van der Waals surface area contributed by atoms with Gasteiger partial charge in [0.05, 0.1) is 5.69 Å². The molecule has 0 aliphatic heterocycles. The van der Waals surface area contributed by atoms with Crippen LogP contribution in [0.4, 0.5) is 5.69 Å². The number of nitrogens with zero attached hydrogens (tertiary/aromatic N) is 1. The second kappa shape index (κ2) is 8.39. The van der Waals surface area contributed by atoms with Crippen molar-refractivity contribution >= 4 is 35.1 Å². The van der Waals surface area contributed by atoms with Gasteiger partial charge in [0.25, 0.3) is 0 Å². The maximum absolute atomic E-state index is 6.22. The first-order chi connectivity index (χ1) is 12.5. The summed E-state index contributed by atoms with van der Waals surface area (Å²) in [5.41, 5.74) is 5.16. The van der Waals surface area contributed by atoms with E-state index in [-0.39, 0.29) is 0 Å². The zero-order valence-corrected chi connectivity index (χ0v) is 16.2. The summed E-state index contributed by atoms with van der Waals surface area (Å²) >= 11 is 12.2. The Balaban J connectivity index is 1.80. The van der Waals surface area contributed by atoms with Gasteiger partial charge in [-0.15, -0.1) is 0 Å². The Morgan fingerprint density at radius 1 is 0.962 bits per heavy atom. The molecule has 132 valence electrons. The van der Waals surface area contributed by atoms with Gasteiger partial charge in [0, 0.05) is 27.4 Å². The van der Waals surface area contributed by atoms with Crippen molar-refractivity contribution in [1.29, 1.82) is 0 Å². The second-order valence-electron chi connectivity index (χ2n) is 6.04. The van der Waals surface area contributed by atoms with Crippen LogP contribution in [0, 0.1) is 13.8 Å². The summed E-state index contributed by atoms with van der Waals surface area (Å²) in [5, 5.41) is 1.21. The number of ether oxygens (including phenoxy) is 1. The maximum Gasteiger partial charge on any atom is 0.128 e. The van der Waals surface area contributed by atoms with E-state index in [9.17, 15) is 0 Å². The SMILES string of the molecule is Cc1cccc(N=Cc2ccccc2OCc2ccc(Cl)cc2Cl)c1C. The number of benzene rings is 3. The highest BCUT2D eigenvalue weighted by molar-refractivity contribution is 6.35. The molecule has 3 aromatic carbocycles. The Morgan fingerprint density at radius 2 is 1.77 bits per heavy atom. The van der Waals surface area contributed by atoms with E-state index in [4.69, 9.17) is 27.9 Å². The fraction of sp³-hybridized carbons (Fsp3) is 0.136. The Kier molecular flexibility index (Phi) is 5.97. The van der Waals surface area contributed by atoms with Crippen LogP contribution >= 0.6 is 23.2 Å². The first kappa shape index (κ1) is 18.5. The lowest BCUT2D eigenvalue weighted by Crippen LogP contribution is -1.99. The van der Waals surface area contributed by atoms with Gasteiger partial charge in [-0.3, -0.25) is 4.99 Å². The van der Waals surface area contributed by atoms with Crippen molar-refractivity contribution in [2.45, 2.75) is 20.5 Å². The van der Waals surface area contributed by atoms with Gasteiger partial charge in [-0.05, 0) is 55.3 Å². The molecular formula is C22H19Cl2NO. The van der Waals surface area contributed by atoms with Gasteiger partial charge < -0.3 is 4.74 Å². The standard InChI is InChI=1S/C22H19Cl2NO/c1-15-6-5-8-21(16(15)2)25-13-17-7-3-4-9-22(17)26-14-18-10-11-19(23)12-20(18)24/h3-13H,14H2,1-2H3. The van der Waals surface area contributed by atoms with E-state index >= 15 is 0 Å². The highest BCUT2D eigenvalue weighted by Gasteiger charge is 2.05. The average Bonchev–Trinajstić information content (AvgIpc) is 2.63. The smallest absolute Gasteiger partial charge is 0.128 e. The van der Waals surface area contributed by atoms with Crippen LogP contribution in [0.3, 0.4) is 0 Å². The summed E-state index contributed by atoms with van der Waals surface area (Å²) in [6, 6.07) is 19.3. The van der Waals surface area contributed by atoms with Crippen molar-refractivity contribution in [2.24, 2.45) is 4.99 Å². The summed E-state index contributed by atoms with van der Waals surface area (Å²) in [7, 11) is 0. The van der Waals surface area contributed by atoms with Crippen molar-refractivity contribution in [3.63, 3.8) is 0 Å². The van der Waals surface area contributed by atoms with Crippen LogP contribution in [0.2, 0.25) is 10.0 Å². The third-order valence-corrected chi connectivity index (χ3v) is 4.82. The molecule has 0 aliphatic carbocycles. The van der Waals surface area contributed by atoms with Crippen LogP contribution in [0.25, 0.3) is 0 Å². The molecule has 0 atom stereocenters. The molecular weight excluding hydrogens is 365 g/mol. The molecule has 0 N–H and O–H groups in total.